The Morgan fingerprint density at radius 1 is 0.737 bits per heavy atom. The van der Waals surface area contributed by atoms with Crippen LogP contribution in [0.1, 0.15) is 45.1 Å². The molecule has 0 aliphatic rings. The highest BCUT2D eigenvalue weighted by Gasteiger charge is 2.22. The summed E-state index contributed by atoms with van der Waals surface area (Å²) >= 11 is 0. The van der Waals surface area contributed by atoms with Crippen LogP contribution in [0.2, 0.25) is 0 Å². The van der Waals surface area contributed by atoms with Crippen molar-refractivity contribution in [2.45, 2.75) is 33.3 Å². The van der Waals surface area contributed by atoms with E-state index in [4.69, 9.17) is 9.47 Å². The van der Waals surface area contributed by atoms with Gasteiger partial charge >= 0.3 is 0 Å². The molecule has 5 nitrogen and oxygen atoms in total. The molecule has 1 N–H and O–H groups in total. The Bertz CT molecular complexity index is 1370. The van der Waals surface area contributed by atoms with Crippen LogP contribution in [0.4, 0.5) is 0 Å². The van der Waals surface area contributed by atoms with E-state index < -0.39 is 0 Å². The molecule has 0 bridgehead atoms. The van der Waals surface area contributed by atoms with Crippen molar-refractivity contribution in [2.24, 2.45) is 0 Å². The van der Waals surface area contributed by atoms with Gasteiger partial charge in [0, 0.05) is 25.2 Å². The summed E-state index contributed by atoms with van der Waals surface area (Å²) in [5.74, 6) is 0.897. The maximum Gasteiger partial charge on any atom is 0.257 e. The number of carbonyl (C=O) groups is 1. The summed E-state index contributed by atoms with van der Waals surface area (Å²) in [6.07, 6.45) is 0. The van der Waals surface area contributed by atoms with Crippen molar-refractivity contribution in [3.63, 3.8) is 0 Å². The third-order valence-electron chi connectivity index (χ3n) is 6.22. The highest BCUT2D eigenvalue weighted by atomic mass is 16.5. The molecule has 0 saturated carbocycles. The van der Waals surface area contributed by atoms with Crippen LogP contribution in [-0.4, -0.2) is 23.0 Å². The minimum atomic E-state index is -0.170. The number of amides is 1. The number of nitrogens with zero attached hydrogens (tertiary/aromatic N) is 1. The van der Waals surface area contributed by atoms with E-state index in [1.54, 1.807) is 18.0 Å². The average molecular weight is 508 g/mol. The van der Waals surface area contributed by atoms with Crippen molar-refractivity contribution in [1.82, 2.24) is 4.90 Å². The van der Waals surface area contributed by atoms with E-state index in [0.717, 1.165) is 33.4 Å². The molecule has 1 amide bonds. The number of ether oxygens (including phenoxy) is 2. The van der Waals surface area contributed by atoms with Crippen LogP contribution in [-0.2, 0) is 26.4 Å². The molecule has 0 unspecified atom stereocenters. The molecular weight excluding hydrogens is 474 g/mol. The molecule has 4 rings (SSSR count). The van der Waals surface area contributed by atoms with Crippen LogP contribution >= 0.6 is 0 Å². The Morgan fingerprint density at radius 3 is 1.74 bits per heavy atom. The number of aliphatic hydroxyl groups is 1. The fraction of sp³-hybridized carbons (Fsp3) is 0.182. The summed E-state index contributed by atoms with van der Waals surface area (Å²) in [6.45, 7) is 7.13. The second-order valence-corrected chi connectivity index (χ2v) is 9.31. The van der Waals surface area contributed by atoms with Crippen LogP contribution in [0.5, 0.6) is 11.5 Å². The molecule has 4 aromatic rings. The Hall–Kier alpha value is -4.35. The van der Waals surface area contributed by atoms with Crippen LogP contribution < -0.4 is 9.47 Å². The topological polar surface area (TPSA) is 59.0 Å². The van der Waals surface area contributed by atoms with E-state index in [-0.39, 0.29) is 12.5 Å². The van der Waals surface area contributed by atoms with Crippen LogP contribution in [0.25, 0.3) is 5.57 Å². The zero-order valence-electron chi connectivity index (χ0n) is 21.9. The number of hydrogen-bond acceptors (Lipinski definition) is 4. The lowest BCUT2D eigenvalue weighted by atomic mass is 10.0. The molecule has 38 heavy (non-hydrogen) atoms. The summed E-state index contributed by atoms with van der Waals surface area (Å²) < 4.78 is 12.4. The van der Waals surface area contributed by atoms with Gasteiger partial charge in [0.25, 0.3) is 5.91 Å². The first kappa shape index (κ1) is 26.7. The molecule has 0 radical (unpaired) electrons. The predicted molar refractivity (Wildman–Crippen MR) is 151 cm³/mol. The first-order valence-electron chi connectivity index (χ1n) is 12.6. The molecule has 0 heterocycles. The fourth-order valence-corrected chi connectivity index (χ4v) is 4.07. The number of carbonyl (C=O) groups excluding carboxylic acids is 1. The van der Waals surface area contributed by atoms with E-state index in [9.17, 15) is 9.90 Å². The van der Waals surface area contributed by atoms with E-state index in [2.05, 4.69) is 6.58 Å². The minimum absolute atomic E-state index is 0.0143. The molecule has 5 heteroatoms. The number of rotatable bonds is 11. The van der Waals surface area contributed by atoms with Crippen molar-refractivity contribution in [3.8, 4) is 11.5 Å². The monoisotopic (exact) mass is 507 g/mol. The second kappa shape index (κ2) is 12.7. The van der Waals surface area contributed by atoms with Gasteiger partial charge in [0.15, 0.2) is 0 Å². The molecule has 0 atom stereocenters. The fourth-order valence-electron chi connectivity index (χ4n) is 4.07. The van der Waals surface area contributed by atoms with Gasteiger partial charge in [0.1, 0.15) is 24.7 Å². The predicted octanol–water partition coefficient (Wildman–Crippen LogP) is 6.64. The smallest absolute Gasteiger partial charge is 0.257 e. The second-order valence-electron chi connectivity index (χ2n) is 9.31. The van der Waals surface area contributed by atoms with Gasteiger partial charge in [-0.1, -0.05) is 91.5 Å². The van der Waals surface area contributed by atoms with Gasteiger partial charge in [-0.15, -0.1) is 0 Å². The molecule has 0 aliphatic heterocycles. The van der Waals surface area contributed by atoms with Gasteiger partial charge in [0.2, 0.25) is 0 Å². The molecule has 0 aromatic heterocycles. The highest BCUT2D eigenvalue weighted by Crippen LogP contribution is 2.35. The molecule has 0 spiro atoms. The van der Waals surface area contributed by atoms with E-state index in [0.29, 0.717) is 36.8 Å². The Morgan fingerprint density at radius 2 is 1.24 bits per heavy atom. The summed E-state index contributed by atoms with van der Waals surface area (Å²) in [5.41, 5.74) is 5.83. The number of hydrogen-bond donors (Lipinski definition) is 1. The first-order valence-corrected chi connectivity index (χ1v) is 12.6. The number of benzene rings is 4. The van der Waals surface area contributed by atoms with Gasteiger partial charge in [-0.2, -0.15) is 0 Å². The van der Waals surface area contributed by atoms with Crippen LogP contribution in [0, 0.1) is 0 Å². The molecule has 0 fully saturated rings. The van der Waals surface area contributed by atoms with Crippen molar-refractivity contribution in [2.75, 3.05) is 7.05 Å². The largest absolute Gasteiger partial charge is 0.488 e. The zero-order chi connectivity index (χ0) is 26.9. The zero-order valence-corrected chi connectivity index (χ0v) is 21.9. The summed E-state index contributed by atoms with van der Waals surface area (Å²) in [6, 6.07) is 30.9. The van der Waals surface area contributed by atoms with Gasteiger partial charge in [-0.25, -0.2) is 0 Å². The molecule has 0 saturated heterocycles. The van der Waals surface area contributed by atoms with Crippen molar-refractivity contribution >= 4 is 11.5 Å². The Kier molecular flexibility index (Phi) is 8.96. The number of aliphatic hydroxyl groups excluding tert-OH is 1. The maximum atomic E-state index is 13.7. The van der Waals surface area contributed by atoms with E-state index in [1.165, 1.54) is 0 Å². The lowest BCUT2D eigenvalue weighted by Gasteiger charge is -2.22. The molecule has 0 aliphatic carbocycles. The van der Waals surface area contributed by atoms with Gasteiger partial charge in [-0.05, 0) is 40.8 Å². The lowest BCUT2D eigenvalue weighted by molar-refractivity contribution is 0.0780. The van der Waals surface area contributed by atoms with Crippen molar-refractivity contribution < 1.29 is 19.4 Å². The van der Waals surface area contributed by atoms with Gasteiger partial charge in [0.05, 0.1) is 12.2 Å². The third kappa shape index (κ3) is 6.90. The van der Waals surface area contributed by atoms with Gasteiger partial charge < -0.3 is 19.5 Å². The normalized spacial score (nSPS) is 10.6. The number of allylic oxidation sites excluding steroid dienone is 1. The van der Waals surface area contributed by atoms with Crippen LogP contribution in [0.15, 0.2) is 104 Å². The summed E-state index contributed by atoms with van der Waals surface area (Å²) in [4.78, 5) is 15.4. The van der Waals surface area contributed by atoms with E-state index in [1.807, 2.05) is 97.9 Å². The van der Waals surface area contributed by atoms with Crippen LogP contribution in [0.3, 0.4) is 0 Å². The van der Waals surface area contributed by atoms with E-state index >= 15 is 0 Å². The lowest BCUT2D eigenvalue weighted by Crippen LogP contribution is -2.27. The molecular formula is C33H33NO4. The van der Waals surface area contributed by atoms with Crippen molar-refractivity contribution in [3.05, 3.63) is 137 Å². The Balaban J connectivity index is 1.64. The Labute approximate surface area is 224 Å². The maximum absolute atomic E-state index is 13.7. The quantitative estimate of drug-likeness (QED) is 0.247. The minimum Gasteiger partial charge on any atom is -0.488 e. The van der Waals surface area contributed by atoms with Gasteiger partial charge in [-0.3, -0.25) is 4.79 Å². The molecule has 194 valence electrons. The summed E-state index contributed by atoms with van der Waals surface area (Å²) in [7, 11) is 1.77. The van der Waals surface area contributed by atoms with Crippen molar-refractivity contribution in [1.29, 1.82) is 0 Å². The first-order chi connectivity index (χ1) is 18.4. The highest BCUT2D eigenvalue weighted by molar-refractivity contribution is 5.98. The summed E-state index contributed by atoms with van der Waals surface area (Å²) in [5, 5.41) is 9.31. The third-order valence-corrected chi connectivity index (χ3v) is 6.22. The average Bonchev–Trinajstić information content (AvgIpc) is 2.95. The standard InChI is InChI=1S/C33H33NO4/c1-24(2)29-18-30(33(36)34(3)20-25-14-16-26(21-35)17-15-25)32(38-23-28-12-8-5-9-13-28)19-31(29)37-22-27-10-6-4-7-11-27/h4-19,35H,1,20-23H2,2-3H3. The SMILES string of the molecule is C=C(C)c1cc(C(=O)N(C)Cc2ccc(CO)cc2)c(OCc2ccccc2)cc1OCc1ccccc1. The molecule has 4 aromatic carbocycles.